The second-order valence-electron chi connectivity index (χ2n) is 5.29. The van der Waals surface area contributed by atoms with Gasteiger partial charge in [-0.3, -0.25) is 0 Å². The maximum Gasteiger partial charge on any atom is 0.241 e. The van der Waals surface area contributed by atoms with Crippen LogP contribution in [0.15, 0.2) is 16.3 Å². The fraction of sp³-hybridized carbons (Fsp3) is 0.714. The topological polar surface area (TPSA) is 61.4 Å². The van der Waals surface area contributed by atoms with Crippen molar-refractivity contribution in [2.24, 2.45) is 0 Å². The van der Waals surface area contributed by atoms with Gasteiger partial charge in [-0.25, -0.2) is 13.1 Å². The number of nitrogens with one attached hydrogen (secondary N) is 2. The summed E-state index contributed by atoms with van der Waals surface area (Å²) in [6.07, 6.45) is 2.88. The number of sulfonamides is 1. The van der Waals surface area contributed by atoms with E-state index in [1.54, 1.807) is 6.07 Å². The molecule has 0 aliphatic heterocycles. The maximum absolute atomic E-state index is 12.3. The molecule has 1 aromatic rings. The van der Waals surface area contributed by atoms with Crippen molar-refractivity contribution in [2.45, 2.75) is 37.6 Å². The third kappa shape index (κ3) is 6.88. The van der Waals surface area contributed by atoms with Gasteiger partial charge in [-0.15, -0.1) is 11.3 Å². The Morgan fingerprint density at radius 2 is 2.00 bits per heavy atom. The Kier molecular flexibility index (Phi) is 8.43. The molecule has 2 N–H and O–H groups in total. The summed E-state index contributed by atoms with van der Waals surface area (Å²) < 4.78 is 27.3. The quantitative estimate of drug-likeness (QED) is 0.607. The van der Waals surface area contributed by atoms with Gasteiger partial charge in [0.05, 0.1) is 4.90 Å². The fourth-order valence-corrected chi connectivity index (χ4v) is 4.40. The van der Waals surface area contributed by atoms with E-state index in [4.69, 9.17) is 0 Å². The van der Waals surface area contributed by atoms with Gasteiger partial charge in [-0.2, -0.15) is 0 Å². The average Bonchev–Trinajstić information content (AvgIpc) is 2.87. The first kappa shape index (κ1) is 18.6. The molecule has 1 heterocycles. The minimum Gasteiger partial charge on any atom is -0.312 e. The van der Waals surface area contributed by atoms with Crippen molar-refractivity contribution in [2.75, 3.05) is 33.7 Å². The largest absolute Gasteiger partial charge is 0.312 e. The summed E-state index contributed by atoms with van der Waals surface area (Å²) in [5, 5.41) is 5.09. The first-order valence-corrected chi connectivity index (χ1v) is 9.75. The van der Waals surface area contributed by atoms with Crippen LogP contribution in [0.1, 0.15) is 31.1 Å². The molecule has 0 spiro atoms. The molecule has 5 nitrogen and oxygen atoms in total. The zero-order valence-electron chi connectivity index (χ0n) is 13.2. The minimum atomic E-state index is -3.38. The summed E-state index contributed by atoms with van der Waals surface area (Å²) in [5.74, 6) is 0. The summed E-state index contributed by atoms with van der Waals surface area (Å²) in [5.41, 5.74) is 0. The highest BCUT2D eigenvalue weighted by molar-refractivity contribution is 7.89. The molecule has 122 valence electrons. The predicted molar refractivity (Wildman–Crippen MR) is 89.3 cm³/mol. The molecule has 0 radical (unpaired) electrons. The fourth-order valence-electron chi connectivity index (χ4n) is 1.91. The highest BCUT2D eigenvalue weighted by Gasteiger charge is 2.18. The number of nitrogens with zero attached hydrogens (tertiary/aromatic N) is 1. The first-order valence-electron chi connectivity index (χ1n) is 7.39. The summed E-state index contributed by atoms with van der Waals surface area (Å²) in [7, 11) is 0.659. The molecule has 0 aliphatic rings. The first-order chi connectivity index (χ1) is 9.97. The third-order valence-electron chi connectivity index (χ3n) is 3.03. The smallest absolute Gasteiger partial charge is 0.241 e. The molecular weight excluding hydrogens is 306 g/mol. The molecule has 1 rings (SSSR count). The van der Waals surface area contributed by atoms with E-state index >= 15 is 0 Å². The Bertz CT molecular complexity index is 498. The van der Waals surface area contributed by atoms with Crippen molar-refractivity contribution in [1.82, 2.24) is 14.9 Å². The van der Waals surface area contributed by atoms with Gasteiger partial charge in [-0.05, 0) is 57.9 Å². The van der Waals surface area contributed by atoms with E-state index in [-0.39, 0.29) is 0 Å². The Morgan fingerprint density at radius 1 is 1.24 bits per heavy atom. The van der Waals surface area contributed by atoms with E-state index in [1.807, 2.05) is 19.5 Å². The highest BCUT2D eigenvalue weighted by atomic mass is 32.2. The Morgan fingerprint density at radius 3 is 2.67 bits per heavy atom. The van der Waals surface area contributed by atoms with Crippen molar-refractivity contribution in [3.63, 3.8) is 0 Å². The Labute approximate surface area is 132 Å². The zero-order valence-corrected chi connectivity index (χ0v) is 14.8. The van der Waals surface area contributed by atoms with E-state index in [1.165, 1.54) is 11.3 Å². The van der Waals surface area contributed by atoms with Crippen LogP contribution in [0.5, 0.6) is 0 Å². The molecule has 0 aliphatic carbocycles. The highest BCUT2D eigenvalue weighted by Crippen LogP contribution is 2.21. The zero-order chi connectivity index (χ0) is 15.7. The van der Waals surface area contributed by atoms with Gasteiger partial charge in [0.1, 0.15) is 0 Å². The molecular formula is C14H27N3O2S2. The summed E-state index contributed by atoms with van der Waals surface area (Å²) >= 11 is 1.49. The van der Waals surface area contributed by atoms with Crippen LogP contribution >= 0.6 is 11.3 Å². The van der Waals surface area contributed by atoms with E-state index in [2.05, 4.69) is 21.9 Å². The summed E-state index contributed by atoms with van der Waals surface area (Å²) in [4.78, 5) is 3.40. The van der Waals surface area contributed by atoms with Gasteiger partial charge in [-0.1, -0.05) is 6.92 Å². The van der Waals surface area contributed by atoms with Crippen molar-refractivity contribution >= 4 is 21.4 Å². The standard InChI is InChI=1S/C14H27N3O2S2/c1-4-8-15-12-13-14(7-11-20-13)21(18,19)16-9-5-6-10-17(2)3/h7,11,15-16H,4-6,8-10,12H2,1-3H3. The number of rotatable bonds is 11. The molecule has 0 amide bonds. The van der Waals surface area contributed by atoms with Crippen LogP contribution in [0.3, 0.4) is 0 Å². The Balaban J connectivity index is 2.48. The van der Waals surface area contributed by atoms with Crippen molar-refractivity contribution in [3.8, 4) is 0 Å². The molecule has 1 aromatic heterocycles. The van der Waals surface area contributed by atoms with Crippen LogP contribution in [0.25, 0.3) is 0 Å². The monoisotopic (exact) mass is 333 g/mol. The lowest BCUT2D eigenvalue weighted by Gasteiger charge is -2.10. The van der Waals surface area contributed by atoms with Crippen LogP contribution in [0, 0.1) is 0 Å². The molecule has 21 heavy (non-hydrogen) atoms. The van der Waals surface area contributed by atoms with E-state index in [0.717, 1.165) is 37.2 Å². The molecule has 0 fully saturated rings. The van der Waals surface area contributed by atoms with Gasteiger partial charge in [0.15, 0.2) is 0 Å². The normalized spacial score (nSPS) is 12.2. The lowest BCUT2D eigenvalue weighted by atomic mass is 10.3. The SMILES string of the molecule is CCCNCc1sccc1S(=O)(=O)NCCCCN(C)C. The van der Waals surface area contributed by atoms with Gasteiger partial charge < -0.3 is 10.2 Å². The lowest BCUT2D eigenvalue weighted by molar-refractivity contribution is 0.394. The van der Waals surface area contributed by atoms with Crippen LogP contribution < -0.4 is 10.0 Å². The molecule has 0 unspecified atom stereocenters. The molecule has 0 bridgehead atoms. The van der Waals surface area contributed by atoms with Crippen LogP contribution in [-0.4, -0.2) is 47.0 Å². The predicted octanol–water partition coefficient (Wildman–Crippen LogP) is 1.87. The summed E-state index contributed by atoms with van der Waals surface area (Å²) in [6, 6.07) is 1.69. The molecule has 0 saturated carbocycles. The molecule has 0 atom stereocenters. The number of hydrogen-bond donors (Lipinski definition) is 2. The minimum absolute atomic E-state index is 0.420. The number of hydrogen-bond acceptors (Lipinski definition) is 5. The molecule has 7 heteroatoms. The van der Waals surface area contributed by atoms with Gasteiger partial charge >= 0.3 is 0 Å². The van der Waals surface area contributed by atoms with Crippen molar-refractivity contribution in [3.05, 3.63) is 16.3 Å². The second kappa shape index (κ2) is 9.53. The van der Waals surface area contributed by atoms with E-state index < -0.39 is 10.0 Å². The molecule has 0 aromatic carbocycles. The van der Waals surface area contributed by atoms with Crippen LogP contribution in [0.2, 0.25) is 0 Å². The van der Waals surface area contributed by atoms with E-state index in [0.29, 0.717) is 18.0 Å². The number of unbranched alkanes of at least 4 members (excludes halogenated alkanes) is 1. The molecule has 0 saturated heterocycles. The summed E-state index contributed by atoms with van der Waals surface area (Å²) in [6.45, 7) is 5.08. The van der Waals surface area contributed by atoms with Gasteiger partial charge in [0, 0.05) is 18.0 Å². The number of thiophene rings is 1. The lowest BCUT2D eigenvalue weighted by Crippen LogP contribution is -2.26. The van der Waals surface area contributed by atoms with Gasteiger partial charge in [0.25, 0.3) is 0 Å². The van der Waals surface area contributed by atoms with Crippen molar-refractivity contribution < 1.29 is 8.42 Å². The van der Waals surface area contributed by atoms with Crippen LogP contribution in [-0.2, 0) is 16.6 Å². The van der Waals surface area contributed by atoms with Gasteiger partial charge in [0.2, 0.25) is 10.0 Å². The van der Waals surface area contributed by atoms with Crippen LogP contribution in [0.4, 0.5) is 0 Å². The Hall–Kier alpha value is -0.470. The maximum atomic E-state index is 12.3. The van der Waals surface area contributed by atoms with E-state index in [9.17, 15) is 8.42 Å². The third-order valence-corrected chi connectivity index (χ3v) is 5.63. The second-order valence-corrected chi connectivity index (χ2v) is 8.03. The van der Waals surface area contributed by atoms with Crippen molar-refractivity contribution in [1.29, 1.82) is 0 Å². The average molecular weight is 334 g/mol.